The van der Waals surface area contributed by atoms with E-state index >= 15 is 0 Å². The number of aryl methyl sites for hydroxylation is 1. The van der Waals surface area contributed by atoms with Crippen molar-refractivity contribution in [2.75, 3.05) is 13.7 Å². The van der Waals surface area contributed by atoms with Gasteiger partial charge in [-0.1, -0.05) is 6.07 Å². The van der Waals surface area contributed by atoms with Gasteiger partial charge in [0, 0.05) is 16.6 Å². The Morgan fingerprint density at radius 1 is 1.09 bits per heavy atom. The number of methoxy groups -OCH3 is 1. The second-order valence-electron chi connectivity index (χ2n) is 7.39. The molecule has 0 spiro atoms. The lowest BCUT2D eigenvalue weighted by atomic mass is 10.1. The summed E-state index contributed by atoms with van der Waals surface area (Å²) in [5, 5.41) is 0.327. The van der Waals surface area contributed by atoms with Gasteiger partial charge >= 0.3 is 5.97 Å². The number of rotatable bonds is 6. The largest absolute Gasteiger partial charge is 0.497 e. The van der Waals surface area contributed by atoms with Gasteiger partial charge in [0.25, 0.3) is 0 Å². The summed E-state index contributed by atoms with van der Waals surface area (Å²) in [6, 6.07) is 11.0. The Labute approximate surface area is 192 Å². The zero-order valence-electron chi connectivity index (χ0n) is 18.3. The quantitative estimate of drug-likeness (QED) is 0.348. The van der Waals surface area contributed by atoms with E-state index in [-0.39, 0.29) is 24.3 Å². The van der Waals surface area contributed by atoms with Crippen molar-refractivity contribution in [3.8, 4) is 16.2 Å². The Bertz CT molecular complexity index is 1390. The second-order valence-corrected chi connectivity index (χ2v) is 8.38. The summed E-state index contributed by atoms with van der Waals surface area (Å²) < 4.78 is 40.6. The lowest BCUT2D eigenvalue weighted by Gasteiger charge is -2.12. The highest BCUT2D eigenvalue weighted by atomic mass is 32.1. The van der Waals surface area contributed by atoms with Crippen molar-refractivity contribution in [3.05, 3.63) is 87.2 Å². The molecule has 2 aromatic heterocycles. The standard InChI is InChI=1S/C25H21F2NO4S/c1-4-32-25(30)18-13-28(12-17-19(26)6-5-7-20(17)27)24-21(22(18)29)14(2)23(33-24)15-8-10-16(31-3)11-9-15/h5-11,13H,4,12H2,1-3H3. The van der Waals surface area contributed by atoms with Crippen LogP contribution in [0.4, 0.5) is 8.78 Å². The number of carbonyl (C=O) groups excluding carboxylic acids is 1. The predicted molar refractivity (Wildman–Crippen MR) is 124 cm³/mol. The average Bonchev–Trinajstić information content (AvgIpc) is 3.15. The summed E-state index contributed by atoms with van der Waals surface area (Å²) in [5.74, 6) is -1.49. The number of carbonyl (C=O) groups is 1. The summed E-state index contributed by atoms with van der Waals surface area (Å²) >= 11 is 1.32. The Morgan fingerprint density at radius 3 is 2.36 bits per heavy atom. The molecule has 0 bridgehead atoms. The van der Waals surface area contributed by atoms with Gasteiger partial charge in [-0.15, -0.1) is 11.3 Å². The summed E-state index contributed by atoms with van der Waals surface area (Å²) in [6.45, 7) is 3.34. The van der Waals surface area contributed by atoms with E-state index in [2.05, 4.69) is 0 Å². The molecule has 0 aliphatic heterocycles. The minimum atomic E-state index is -0.774. The molecule has 2 aromatic carbocycles. The molecule has 0 radical (unpaired) electrons. The normalized spacial score (nSPS) is 11.1. The van der Waals surface area contributed by atoms with Gasteiger partial charge in [0.15, 0.2) is 0 Å². The fraction of sp³-hybridized carbons (Fsp3) is 0.200. The Kier molecular flexibility index (Phi) is 6.29. The molecule has 0 amide bonds. The van der Waals surface area contributed by atoms with Gasteiger partial charge < -0.3 is 14.0 Å². The van der Waals surface area contributed by atoms with Crippen LogP contribution < -0.4 is 10.2 Å². The van der Waals surface area contributed by atoms with Crippen LogP contribution in [-0.2, 0) is 11.3 Å². The highest BCUT2D eigenvalue weighted by Gasteiger charge is 2.23. The van der Waals surface area contributed by atoms with Crippen molar-refractivity contribution in [2.45, 2.75) is 20.4 Å². The van der Waals surface area contributed by atoms with Gasteiger partial charge in [0.05, 0.1) is 25.6 Å². The third-order valence-electron chi connectivity index (χ3n) is 5.38. The van der Waals surface area contributed by atoms with Gasteiger partial charge in [0.1, 0.15) is 27.8 Å². The molecule has 5 nitrogen and oxygen atoms in total. The van der Waals surface area contributed by atoms with Crippen LogP contribution in [0, 0.1) is 18.6 Å². The van der Waals surface area contributed by atoms with Crippen LogP contribution in [0.2, 0.25) is 0 Å². The molecule has 4 aromatic rings. The Hall–Kier alpha value is -3.52. The first-order valence-corrected chi connectivity index (χ1v) is 11.1. The molecule has 33 heavy (non-hydrogen) atoms. The van der Waals surface area contributed by atoms with Crippen LogP contribution in [0.5, 0.6) is 5.75 Å². The number of fused-ring (bicyclic) bond motifs is 1. The van der Waals surface area contributed by atoms with E-state index in [0.29, 0.717) is 21.5 Å². The van der Waals surface area contributed by atoms with Gasteiger partial charge in [-0.2, -0.15) is 0 Å². The fourth-order valence-electron chi connectivity index (χ4n) is 3.72. The molecule has 0 aliphatic rings. The maximum atomic E-state index is 14.4. The number of thiophene rings is 1. The molecule has 2 heterocycles. The first-order chi connectivity index (χ1) is 15.8. The first kappa shape index (κ1) is 22.7. The van der Waals surface area contributed by atoms with Crippen LogP contribution in [0.15, 0.2) is 53.5 Å². The van der Waals surface area contributed by atoms with Crippen LogP contribution in [0.25, 0.3) is 20.7 Å². The van der Waals surface area contributed by atoms with Gasteiger partial charge in [0.2, 0.25) is 5.43 Å². The molecular formula is C25H21F2NO4S. The van der Waals surface area contributed by atoms with E-state index in [1.54, 1.807) is 21.0 Å². The molecule has 4 rings (SSSR count). The topological polar surface area (TPSA) is 57.5 Å². The van der Waals surface area contributed by atoms with Crippen LogP contribution in [-0.4, -0.2) is 24.3 Å². The van der Waals surface area contributed by atoms with Gasteiger partial charge in [-0.25, -0.2) is 13.6 Å². The van der Waals surface area contributed by atoms with Crippen molar-refractivity contribution in [1.82, 2.24) is 4.57 Å². The molecule has 0 aliphatic carbocycles. The number of hydrogen-bond donors (Lipinski definition) is 0. The third kappa shape index (κ3) is 4.14. The number of esters is 1. The summed E-state index contributed by atoms with van der Waals surface area (Å²) in [6.07, 6.45) is 1.32. The monoisotopic (exact) mass is 469 g/mol. The lowest BCUT2D eigenvalue weighted by Crippen LogP contribution is -2.21. The maximum Gasteiger partial charge on any atom is 0.343 e. The number of nitrogens with zero attached hydrogens (tertiary/aromatic N) is 1. The molecule has 0 saturated heterocycles. The number of pyridine rings is 1. The highest BCUT2D eigenvalue weighted by Crippen LogP contribution is 2.38. The van der Waals surface area contributed by atoms with Crippen molar-refractivity contribution >= 4 is 27.5 Å². The van der Waals surface area contributed by atoms with E-state index in [1.807, 2.05) is 24.3 Å². The van der Waals surface area contributed by atoms with E-state index in [4.69, 9.17) is 9.47 Å². The van der Waals surface area contributed by atoms with Gasteiger partial charge in [-0.05, 0) is 61.4 Å². The smallest absolute Gasteiger partial charge is 0.343 e. The zero-order valence-corrected chi connectivity index (χ0v) is 19.1. The van der Waals surface area contributed by atoms with Crippen molar-refractivity contribution in [3.63, 3.8) is 0 Å². The van der Waals surface area contributed by atoms with E-state index in [9.17, 15) is 18.4 Å². The Balaban J connectivity index is 1.97. The molecule has 0 N–H and O–H groups in total. The van der Waals surface area contributed by atoms with Crippen LogP contribution >= 0.6 is 11.3 Å². The molecule has 170 valence electrons. The van der Waals surface area contributed by atoms with Gasteiger partial charge in [-0.3, -0.25) is 4.79 Å². The SMILES string of the molecule is CCOC(=O)c1cn(Cc2c(F)cccc2F)c2sc(-c3ccc(OC)cc3)c(C)c2c1=O. The summed E-state index contributed by atoms with van der Waals surface area (Å²) in [5.41, 5.74) is 0.731. The number of halogens is 2. The molecule has 0 fully saturated rings. The minimum Gasteiger partial charge on any atom is -0.497 e. The molecule has 0 unspecified atom stereocenters. The van der Waals surface area contributed by atoms with Crippen LogP contribution in [0.3, 0.4) is 0 Å². The van der Waals surface area contributed by atoms with Crippen molar-refractivity contribution < 1.29 is 23.0 Å². The number of ether oxygens (including phenoxy) is 2. The second kappa shape index (κ2) is 9.15. The number of aromatic nitrogens is 1. The third-order valence-corrected chi connectivity index (χ3v) is 6.76. The van der Waals surface area contributed by atoms with Crippen molar-refractivity contribution in [2.24, 2.45) is 0 Å². The molecule has 0 atom stereocenters. The summed E-state index contributed by atoms with van der Waals surface area (Å²) in [4.78, 5) is 27.1. The number of hydrogen-bond acceptors (Lipinski definition) is 5. The maximum absolute atomic E-state index is 14.4. The first-order valence-electron chi connectivity index (χ1n) is 10.3. The average molecular weight is 470 g/mol. The highest BCUT2D eigenvalue weighted by molar-refractivity contribution is 7.22. The summed E-state index contributed by atoms with van der Waals surface area (Å²) in [7, 11) is 1.57. The number of benzene rings is 2. The van der Waals surface area contributed by atoms with E-state index < -0.39 is 23.0 Å². The Morgan fingerprint density at radius 2 is 1.76 bits per heavy atom. The minimum absolute atomic E-state index is 0.0952. The predicted octanol–water partition coefficient (Wildman–Crippen LogP) is 5.55. The zero-order chi connectivity index (χ0) is 23.7. The van der Waals surface area contributed by atoms with E-state index in [1.165, 1.54) is 40.3 Å². The molecular weight excluding hydrogens is 448 g/mol. The molecule has 8 heteroatoms. The fourth-order valence-corrected chi connectivity index (χ4v) is 5.00. The lowest BCUT2D eigenvalue weighted by molar-refractivity contribution is 0.0524. The van der Waals surface area contributed by atoms with E-state index in [0.717, 1.165) is 10.4 Å². The molecule has 0 saturated carbocycles. The van der Waals surface area contributed by atoms with Crippen LogP contribution in [0.1, 0.15) is 28.4 Å². The van der Waals surface area contributed by atoms with Crippen molar-refractivity contribution in [1.29, 1.82) is 0 Å².